The third-order valence-corrected chi connectivity index (χ3v) is 6.53. The molecule has 4 rings (SSSR count). The number of hydrogen-bond acceptors (Lipinski definition) is 3. The van der Waals surface area contributed by atoms with Gasteiger partial charge < -0.3 is 10.5 Å². The first kappa shape index (κ1) is 21.1. The van der Waals surface area contributed by atoms with Crippen molar-refractivity contribution in [3.05, 3.63) is 101 Å². The van der Waals surface area contributed by atoms with E-state index in [9.17, 15) is 4.79 Å². The Morgan fingerprint density at radius 2 is 1.65 bits per heavy atom. The Morgan fingerprint density at radius 3 is 2.29 bits per heavy atom. The molecule has 1 saturated heterocycles. The Balaban J connectivity index is 1.57. The van der Waals surface area contributed by atoms with Gasteiger partial charge in [0.15, 0.2) is 0 Å². The van der Waals surface area contributed by atoms with E-state index in [1.54, 1.807) is 7.11 Å². The van der Waals surface area contributed by atoms with Gasteiger partial charge in [-0.15, -0.1) is 0 Å². The largest absolute Gasteiger partial charge is 0.497 e. The average Bonchev–Trinajstić information content (AvgIpc) is 2.81. The minimum atomic E-state index is -0.386. The monoisotopic (exact) mass is 414 g/mol. The van der Waals surface area contributed by atoms with Crippen molar-refractivity contribution in [3.63, 3.8) is 0 Å². The fourth-order valence-corrected chi connectivity index (χ4v) is 4.68. The molecule has 3 aromatic rings. The maximum Gasteiger partial charge on any atom is 0.248 e. The van der Waals surface area contributed by atoms with Crippen LogP contribution < -0.4 is 10.5 Å². The lowest BCUT2D eigenvalue weighted by atomic mass is 9.69. The number of nitrogens with two attached hydrogens (primary N) is 1. The molecule has 0 saturated carbocycles. The molecule has 0 radical (unpaired) electrons. The number of carbonyl (C=O) groups is 1. The summed E-state index contributed by atoms with van der Waals surface area (Å²) >= 11 is 0. The zero-order chi connectivity index (χ0) is 21.7. The molecule has 1 aliphatic rings. The topological polar surface area (TPSA) is 55.6 Å². The second-order valence-corrected chi connectivity index (χ2v) is 8.51. The van der Waals surface area contributed by atoms with Crippen LogP contribution in [0.2, 0.25) is 0 Å². The first-order valence-corrected chi connectivity index (χ1v) is 10.9. The number of primary amides is 1. The molecular formula is C27H30N2O2. The Bertz CT molecular complexity index is 1010. The first-order valence-electron chi connectivity index (χ1n) is 10.9. The zero-order valence-corrected chi connectivity index (χ0v) is 18.1. The minimum absolute atomic E-state index is 0.0377. The van der Waals surface area contributed by atoms with E-state index in [1.807, 2.05) is 30.3 Å². The van der Waals surface area contributed by atoms with Crippen LogP contribution in [0.5, 0.6) is 5.75 Å². The van der Waals surface area contributed by atoms with E-state index >= 15 is 0 Å². The Kier molecular flexibility index (Phi) is 6.38. The molecule has 0 bridgehead atoms. The second-order valence-electron chi connectivity index (χ2n) is 8.51. The van der Waals surface area contributed by atoms with Crippen molar-refractivity contribution in [1.29, 1.82) is 0 Å². The highest BCUT2D eigenvalue weighted by atomic mass is 16.5. The Hall–Kier alpha value is -3.11. The number of ether oxygens (including phenoxy) is 1. The first-order chi connectivity index (χ1) is 15.1. The normalized spacial score (nSPS) is 16.0. The molecule has 1 fully saturated rings. The Labute approximate surface area is 184 Å². The summed E-state index contributed by atoms with van der Waals surface area (Å²) in [5.74, 6) is 0.510. The molecule has 4 heteroatoms. The van der Waals surface area contributed by atoms with Crippen LogP contribution >= 0.6 is 0 Å². The summed E-state index contributed by atoms with van der Waals surface area (Å²) in [4.78, 5) is 14.0. The van der Waals surface area contributed by atoms with Crippen LogP contribution in [0, 0.1) is 0 Å². The molecule has 2 N–H and O–H groups in total. The quantitative estimate of drug-likeness (QED) is 0.616. The van der Waals surface area contributed by atoms with Gasteiger partial charge >= 0.3 is 0 Å². The van der Waals surface area contributed by atoms with E-state index < -0.39 is 0 Å². The highest BCUT2D eigenvalue weighted by Gasteiger charge is 2.36. The number of piperidine rings is 1. The average molecular weight is 415 g/mol. The standard InChI is InChI=1S/C27H30N2O2/c1-31-25-9-5-8-24(18-25)27(19-21-10-12-23(13-11-21)26(28)30)14-16-29(17-15-27)20-22-6-3-2-4-7-22/h2-13,18H,14-17,19-20H2,1H3,(H2,28,30). The second kappa shape index (κ2) is 9.36. The number of carbonyl (C=O) groups excluding carboxylic acids is 1. The zero-order valence-electron chi connectivity index (χ0n) is 18.1. The number of methoxy groups -OCH3 is 1. The maximum absolute atomic E-state index is 11.4. The molecule has 0 unspecified atom stereocenters. The molecule has 0 atom stereocenters. The van der Waals surface area contributed by atoms with E-state index in [2.05, 4.69) is 53.4 Å². The maximum atomic E-state index is 11.4. The number of rotatable bonds is 7. The van der Waals surface area contributed by atoms with Gasteiger partial charge in [-0.1, -0.05) is 54.6 Å². The molecule has 0 spiro atoms. The number of nitrogens with zero attached hydrogens (tertiary/aromatic N) is 1. The summed E-state index contributed by atoms with van der Waals surface area (Å²) in [5, 5.41) is 0. The van der Waals surface area contributed by atoms with E-state index in [4.69, 9.17) is 10.5 Å². The van der Waals surface area contributed by atoms with Crippen LogP contribution in [-0.4, -0.2) is 31.0 Å². The van der Waals surface area contributed by atoms with Crippen molar-refractivity contribution < 1.29 is 9.53 Å². The summed E-state index contributed by atoms with van der Waals surface area (Å²) in [6.45, 7) is 3.08. The number of hydrogen-bond donors (Lipinski definition) is 1. The van der Waals surface area contributed by atoms with Crippen molar-refractivity contribution in [2.75, 3.05) is 20.2 Å². The molecule has 31 heavy (non-hydrogen) atoms. The van der Waals surface area contributed by atoms with Crippen LogP contribution in [0.1, 0.15) is 39.9 Å². The van der Waals surface area contributed by atoms with Crippen LogP contribution in [0.4, 0.5) is 0 Å². The predicted molar refractivity (Wildman–Crippen MR) is 124 cm³/mol. The fraction of sp³-hybridized carbons (Fsp3) is 0.296. The van der Waals surface area contributed by atoms with Crippen molar-refractivity contribution in [1.82, 2.24) is 4.90 Å². The highest BCUT2D eigenvalue weighted by Crippen LogP contribution is 2.40. The van der Waals surface area contributed by atoms with Gasteiger partial charge in [-0.25, -0.2) is 0 Å². The van der Waals surface area contributed by atoms with E-state index in [0.29, 0.717) is 5.56 Å². The third-order valence-electron chi connectivity index (χ3n) is 6.53. The molecule has 1 heterocycles. The van der Waals surface area contributed by atoms with Gasteiger partial charge in [0, 0.05) is 17.5 Å². The van der Waals surface area contributed by atoms with Gasteiger partial charge in [0.1, 0.15) is 5.75 Å². The lowest BCUT2D eigenvalue weighted by Crippen LogP contribution is -2.43. The van der Waals surface area contributed by atoms with Crippen LogP contribution in [0.25, 0.3) is 0 Å². The predicted octanol–water partition coefficient (Wildman–Crippen LogP) is 4.57. The SMILES string of the molecule is COc1cccc(C2(Cc3ccc(C(N)=O)cc3)CCN(Cc3ccccc3)CC2)c1. The van der Waals surface area contributed by atoms with Crippen molar-refractivity contribution in [3.8, 4) is 5.75 Å². The minimum Gasteiger partial charge on any atom is -0.497 e. The fourth-order valence-electron chi connectivity index (χ4n) is 4.68. The summed E-state index contributed by atoms with van der Waals surface area (Å²) in [7, 11) is 1.72. The van der Waals surface area contributed by atoms with E-state index in [0.717, 1.165) is 44.6 Å². The van der Waals surface area contributed by atoms with Crippen LogP contribution in [0.15, 0.2) is 78.9 Å². The lowest BCUT2D eigenvalue weighted by Gasteiger charge is -2.43. The van der Waals surface area contributed by atoms with Crippen molar-refractivity contribution in [2.45, 2.75) is 31.2 Å². The smallest absolute Gasteiger partial charge is 0.248 e. The van der Waals surface area contributed by atoms with Crippen LogP contribution in [0.3, 0.4) is 0 Å². The molecule has 1 amide bonds. The van der Waals surface area contributed by atoms with Gasteiger partial charge in [0.05, 0.1) is 7.11 Å². The van der Waals surface area contributed by atoms with Crippen molar-refractivity contribution >= 4 is 5.91 Å². The number of benzene rings is 3. The molecule has 1 aliphatic heterocycles. The summed E-state index contributed by atoms with van der Waals surface area (Å²) < 4.78 is 5.52. The van der Waals surface area contributed by atoms with Crippen LogP contribution in [-0.2, 0) is 18.4 Å². The van der Waals surface area contributed by atoms with Crippen molar-refractivity contribution in [2.24, 2.45) is 5.73 Å². The third kappa shape index (κ3) is 4.97. The molecule has 0 aliphatic carbocycles. The molecular weight excluding hydrogens is 384 g/mol. The molecule has 0 aromatic heterocycles. The summed E-state index contributed by atoms with van der Waals surface area (Å²) in [6.07, 6.45) is 3.08. The van der Waals surface area contributed by atoms with Gasteiger partial charge in [-0.3, -0.25) is 9.69 Å². The van der Waals surface area contributed by atoms with Gasteiger partial charge in [-0.05, 0) is 73.3 Å². The molecule has 160 valence electrons. The number of amides is 1. The van der Waals surface area contributed by atoms with Gasteiger partial charge in [0.2, 0.25) is 5.91 Å². The molecule has 4 nitrogen and oxygen atoms in total. The summed E-state index contributed by atoms with van der Waals surface area (Å²) in [5.41, 5.74) is 9.92. The highest BCUT2D eigenvalue weighted by molar-refractivity contribution is 5.92. The summed E-state index contributed by atoms with van der Waals surface area (Å²) in [6, 6.07) is 26.9. The van der Waals surface area contributed by atoms with E-state index in [1.165, 1.54) is 16.7 Å². The Morgan fingerprint density at radius 1 is 0.935 bits per heavy atom. The van der Waals surface area contributed by atoms with Gasteiger partial charge in [-0.2, -0.15) is 0 Å². The lowest BCUT2D eigenvalue weighted by molar-refractivity contribution is 0.100. The van der Waals surface area contributed by atoms with E-state index in [-0.39, 0.29) is 11.3 Å². The molecule has 3 aromatic carbocycles. The van der Waals surface area contributed by atoms with Gasteiger partial charge in [0.25, 0.3) is 0 Å². The number of likely N-dealkylation sites (tertiary alicyclic amines) is 1.